The second-order valence-electron chi connectivity index (χ2n) is 9.82. The van der Waals surface area contributed by atoms with Gasteiger partial charge in [0.25, 0.3) is 5.56 Å². The van der Waals surface area contributed by atoms with Crippen LogP contribution in [0.2, 0.25) is 0 Å². The summed E-state index contributed by atoms with van der Waals surface area (Å²) in [4.78, 5) is 26.7. The lowest BCUT2D eigenvalue weighted by molar-refractivity contribution is -0.136. The van der Waals surface area contributed by atoms with Crippen LogP contribution < -0.4 is 10.9 Å². The highest BCUT2D eigenvalue weighted by Crippen LogP contribution is 2.37. The Morgan fingerprint density at radius 2 is 1.92 bits per heavy atom. The molecule has 8 nitrogen and oxygen atoms in total. The first kappa shape index (κ1) is 25.9. The maximum Gasteiger partial charge on any atom is 0.418 e. The van der Waals surface area contributed by atoms with Gasteiger partial charge in [-0.2, -0.15) is 18.3 Å². The van der Waals surface area contributed by atoms with Crippen LogP contribution in [0.15, 0.2) is 41.5 Å². The van der Waals surface area contributed by atoms with Gasteiger partial charge in [-0.05, 0) is 62.6 Å². The monoisotopic (exact) mass is 525 g/mol. The summed E-state index contributed by atoms with van der Waals surface area (Å²) < 4.78 is 43.5. The lowest BCUT2D eigenvalue weighted by Crippen LogP contribution is -2.39. The summed E-state index contributed by atoms with van der Waals surface area (Å²) in [5, 5.41) is 7.43. The summed E-state index contributed by atoms with van der Waals surface area (Å²) in [5.74, 6) is 1.01. The standard InChI is InChI=1S/C27H30F3N7O/c1-4-36-9-7-19(8-10-36)32-23-13-22-20(12-21(23)27(28,29)30)26(38)34-24(33-22)11-18-5-6-25(31-14-18)37-15-16(2)17(3)35-37/h5-6,12-15,19,32H,4,7-11H2,1-3H3,(H,33,34,38). The number of benzene rings is 1. The van der Waals surface area contributed by atoms with Gasteiger partial charge in [-0.25, -0.2) is 14.6 Å². The fourth-order valence-electron chi connectivity index (χ4n) is 4.80. The predicted molar refractivity (Wildman–Crippen MR) is 140 cm³/mol. The van der Waals surface area contributed by atoms with E-state index in [9.17, 15) is 18.0 Å². The Labute approximate surface area is 217 Å². The molecule has 11 heteroatoms. The van der Waals surface area contributed by atoms with E-state index in [1.807, 2.05) is 32.2 Å². The van der Waals surface area contributed by atoms with E-state index >= 15 is 0 Å². The number of alkyl halides is 3. The van der Waals surface area contributed by atoms with Crippen LogP contribution in [-0.2, 0) is 12.6 Å². The van der Waals surface area contributed by atoms with Gasteiger partial charge in [0.05, 0.1) is 22.2 Å². The third-order valence-corrected chi connectivity index (χ3v) is 7.15. The summed E-state index contributed by atoms with van der Waals surface area (Å²) in [6, 6.07) is 5.86. The van der Waals surface area contributed by atoms with Crippen molar-refractivity contribution >= 4 is 16.6 Å². The molecule has 4 heterocycles. The van der Waals surface area contributed by atoms with E-state index in [1.54, 1.807) is 10.9 Å². The second-order valence-corrected chi connectivity index (χ2v) is 9.82. The predicted octanol–water partition coefficient (Wildman–Crippen LogP) is 4.63. The number of pyridine rings is 1. The van der Waals surface area contributed by atoms with E-state index in [1.165, 1.54) is 6.07 Å². The van der Waals surface area contributed by atoms with Crippen molar-refractivity contribution in [2.45, 2.75) is 52.3 Å². The van der Waals surface area contributed by atoms with E-state index in [0.717, 1.165) is 55.4 Å². The quantitative estimate of drug-likeness (QED) is 0.382. The van der Waals surface area contributed by atoms with E-state index in [0.29, 0.717) is 11.6 Å². The molecule has 0 aliphatic carbocycles. The molecule has 0 saturated carbocycles. The second kappa shape index (κ2) is 10.2. The van der Waals surface area contributed by atoms with Crippen LogP contribution in [0.3, 0.4) is 0 Å². The minimum Gasteiger partial charge on any atom is -0.382 e. The molecule has 2 N–H and O–H groups in total. The van der Waals surface area contributed by atoms with Crippen LogP contribution in [0, 0.1) is 13.8 Å². The number of piperidine rings is 1. The zero-order valence-corrected chi connectivity index (χ0v) is 21.6. The number of aryl methyl sites for hydroxylation is 2. The van der Waals surface area contributed by atoms with E-state index < -0.39 is 17.3 Å². The normalized spacial score (nSPS) is 15.3. The molecule has 3 aromatic heterocycles. The molecule has 0 amide bonds. The maximum atomic E-state index is 13.9. The zero-order valence-electron chi connectivity index (χ0n) is 21.6. The molecule has 200 valence electrons. The van der Waals surface area contributed by atoms with Crippen molar-refractivity contribution in [2.24, 2.45) is 0 Å². The first-order valence-electron chi connectivity index (χ1n) is 12.7. The molecule has 38 heavy (non-hydrogen) atoms. The number of rotatable bonds is 6. The highest BCUT2D eigenvalue weighted by atomic mass is 19.4. The number of anilines is 1. The molecule has 1 fully saturated rings. The molecule has 0 radical (unpaired) electrons. The number of H-pyrrole nitrogens is 1. The smallest absolute Gasteiger partial charge is 0.382 e. The highest BCUT2D eigenvalue weighted by molar-refractivity contribution is 5.83. The number of fused-ring (bicyclic) bond motifs is 1. The Hall–Kier alpha value is -3.73. The number of hydrogen-bond donors (Lipinski definition) is 2. The van der Waals surface area contributed by atoms with Crippen molar-refractivity contribution < 1.29 is 13.2 Å². The highest BCUT2D eigenvalue weighted by Gasteiger charge is 2.35. The number of hydrogen-bond acceptors (Lipinski definition) is 6. The first-order valence-corrected chi connectivity index (χ1v) is 12.7. The van der Waals surface area contributed by atoms with Gasteiger partial charge in [-0.15, -0.1) is 0 Å². The molecule has 5 rings (SSSR count). The lowest BCUT2D eigenvalue weighted by atomic mass is 10.0. The van der Waals surface area contributed by atoms with Crippen LogP contribution in [0.25, 0.3) is 16.7 Å². The molecular formula is C27H30F3N7O. The van der Waals surface area contributed by atoms with Gasteiger partial charge >= 0.3 is 6.18 Å². The summed E-state index contributed by atoms with van der Waals surface area (Å²) in [7, 11) is 0. The van der Waals surface area contributed by atoms with Crippen molar-refractivity contribution in [3.8, 4) is 5.82 Å². The summed E-state index contributed by atoms with van der Waals surface area (Å²) in [6.07, 6.45) is 0.734. The summed E-state index contributed by atoms with van der Waals surface area (Å²) >= 11 is 0. The topological polar surface area (TPSA) is 91.7 Å². The van der Waals surface area contributed by atoms with Gasteiger partial charge in [0.15, 0.2) is 5.82 Å². The largest absolute Gasteiger partial charge is 0.418 e. The number of likely N-dealkylation sites (tertiary alicyclic amines) is 1. The minimum atomic E-state index is -4.61. The fraction of sp³-hybridized carbons (Fsp3) is 0.407. The Morgan fingerprint density at radius 1 is 1.16 bits per heavy atom. The molecule has 1 saturated heterocycles. The Kier molecular flexibility index (Phi) is 6.95. The van der Waals surface area contributed by atoms with E-state index in [2.05, 4.69) is 37.2 Å². The molecule has 1 aromatic carbocycles. The lowest BCUT2D eigenvalue weighted by Gasteiger charge is -2.32. The molecule has 0 atom stereocenters. The SMILES string of the molecule is CCN1CCC(Nc2cc3nc(Cc4ccc(-n5cc(C)c(C)n5)nc4)[nH]c(=O)c3cc2C(F)(F)F)CC1. The van der Waals surface area contributed by atoms with E-state index in [4.69, 9.17) is 0 Å². The average Bonchev–Trinajstić information content (AvgIpc) is 3.22. The van der Waals surface area contributed by atoms with Crippen molar-refractivity contribution in [1.82, 2.24) is 29.6 Å². The van der Waals surface area contributed by atoms with Crippen LogP contribution in [0.1, 0.15) is 48.0 Å². The Balaban J connectivity index is 1.43. The molecule has 0 spiro atoms. The number of nitrogens with zero attached hydrogens (tertiary/aromatic N) is 5. The number of nitrogens with one attached hydrogen (secondary N) is 2. The Morgan fingerprint density at radius 3 is 2.53 bits per heavy atom. The molecule has 0 bridgehead atoms. The Bertz CT molecular complexity index is 1480. The number of halogens is 3. The van der Waals surface area contributed by atoms with Gasteiger partial charge in [0.2, 0.25) is 0 Å². The van der Waals surface area contributed by atoms with Gasteiger partial charge in [-0.1, -0.05) is 13.0 Å². The first-order chi connectivity index (χ1) is 18.1. The van der Waals surface area contributed by atoms with Gasteiger partial charge < -0.3 is 15.2 Å². The summed E-state index contributed by atoms with van der Waals surface area (Å²) in [6.45, 7) is 8.56. The third-order valence-electron chi connectivity index (χ3n) is 7.15. The van der Waals surface area contributed by atoms with Gasteiger partial charge in [0, 0.05) is 43.6 Å². The van der Waals surface area contributed by atoms with Crippen molar-refractivity contribution in [1.29, 1.82) is 0 Å². The van der Waals surface area contributed by atoms with Crippen molar-refractivity contribution in [2.75, 3.05) is 25.0 Å². The van der Waals surface area contributed by atoms with Crippen LogP contribution >= 0.6 is 0 Å². The van der Waals surface area contributed by atoms with Crippen LogP contribution in [0.4, 0.5) is 18.9 Å². The summed E-state index contributed by atoms with van der Waals surface area (Å²) in [5.41, 5.74) is 1.49. The molecule has 1 aliphatic heterocycles. The number of aromatic amines is 1. The molecule has 4 aromatic rings. The van der Waals surface area contributed by atoms with Crippen molar-refractivity contribution in [3.05, 3.63) is 75.2 Å². The van der Waals surface area contributed by atoms with Crippen LogP contribution in [-0.4, -0.2) is 55.3 Å². The molecular weight excluding hydrogens is 495 g/mol. The van der Waals surface area contributed by atoms with Gasteiger partial charge in [0.1, 0.15) is 5.82 Å². The maximum absolute atomic E-state index is 13.9. The minimum absolute atomic E-state index is 0.0418. The average molecular weight is 526 g/mol. The third kappa shape index (κ3) is 5.42. The molecule has 1 aliphatic rings. The van der Waals surface area contributed by atoms with Crippen LogP contribution in [0.5, 0.6) is 0 Å². The zero-order chi connectivity index (χ0) is 27.0. The van der Waals surface area contributed by atoms with E-state index in [-0.39, 0.29) is 29.1 Å². The fourth-order valence-corrected chi connectivity index (χ4v) is 4.80. The van der Waals surface area contributed by atoms with Gasteiger partial charge in [-0.3, -0.25) is 4.79 Å². The van der Waals surface area contributed by atoms with Crippen molar-refractivity contribution in [3.63, 3.8) is 0 Å². The number of aromatic nitrogens is 5. The molecule has 0 unspecified atom stereocenters.